The van der Waals surface area contributed by atoms with Crippen LogP contribution in [0.25, 0.3) is 11.0 Å². The van der Waals surface area contributed by atoms with Crippen molar-refractivity contribution in [1.29, 1.82) is 0 Å². The molecule has 0 spiro atoms. The Bertz CT molecular complexity index is 1110. The highest BCUT2D eigenvalue weighted by Crippen LogP contribution is 2.35. The fourth-order valence-electron chi connectivity index (χ4n) is 2.30. The monoisotopic (exact) mass is 411 g/mol. The lowest BCUT2D eigenvalue weighted by molar-refractivity contribution is 0.0602. The van der Waals surface area contributed by atoms with Crippen LogP contribution in [0.4, 0.5) is 5.69 Å². The molecule has 0 radical (unpaired) electrons. The van der Waals surface area contributed by atoms with Crippen LogP contribution in [-0.4, -0.2) is 31.5 Å². The van der Waals surface area contributed by atoms with Gasteiger partial charge in [0, 0.05) is 12.4 Å². The molecule has 26 heavy (non-hydrogen) atoms. The third kappa shape index (κ3) is 3.31. The molecule has 0 aliphatic carbocycles. The van der Waals surface area contributed by atoms with Crippen LogP contribution in [-0.2, 0) is 14.8 Å². The number of anilines is 1. The largest absolute Gasteiger partial charge is 0.465 e. The number of benzene rings is 2. The number of nitrogens with one attached hydrogen (secondary N) is 1. The Morgan fingerprint density at radius 2 is 1.85 bits per heavy atom. The van der Waals surface area contributed by atoms with E-state index in [2.05, 4.69) is 19.4 Å². The van der Waals surface area contributed by atoms with Crippen LogP contribution in [0.5, 0.6) is 0 Å². The number of esters is 1. The van der Waals surface area contributed by atoms with Gasteiger partial charge in [-0.1, -0.05) is 29.3 Å². The first-order chi connectivity index (χ1) is 12.3. The summed E-state index contributed by atoms with van der Waals surface area (Å²) in [7, 11) is -2.98. The molecule has 0 bridgehead atoms. The Kier molecular flexibility index (Phi) is 4.99. The smallest absolute Gasteiger partial charge is 0.340 e. The third-order valence-electron chi connectivity index (χ3n) is 3.49. The van der Waals surface area contributed by atoms with E-state index in [0.717, 1.165) is 0 Å². The van der Waals surface area contributed by atoms with E-state index in [4.69, 9.17) is 23.2 Å². The lowest BCUT2D eigenvalue weighted by Crippen LogP contribution is -2.17. The van der Waals surface area contributed by atoms with Crippen molar-refractivity contribution in [3.05, 3.63) is 58.3 Å². The Hall–Kier alpha value is -2.42. The first kappa shape index (κ1) is 18.4. The SMILES string of the molecule is COC(=O)c1ccc(Cl)c(Cl)c1NS(=O)(=O)c1cccc2nccnc12. The lowest BCUT2D eigenvalue weighted by Gasteiger charge is -2.14. The number of hydrogen-bond donors (Lipinski definition) is 1. The predicted molar refractivity (Wildman–Crippen MR) is 98.1 cm³/mol. The summed E-state index contributed by atoms with van der Waals surface area (Å²) in [6.07, 6.45) is 2.84. The Labute approximate surface area is 159 Å². The van der Waals surface area contributed by atoms with E-state index in [0.29, 0.717) is 5.52 Å². The van der Waals surface area contributed by atoms with Gasteiger partial charge < -0.3 is 4.74 Å². The van der Waals surface area contributed by atoms with Crippen LogP contribution in [0.1, 0.15) is 10.4 Å². The average Bonchev–Trinajstić information content (AvgIpc) is 2.64. The minimum Gasteiger partial charge on any atom is -0.465 e. The predicted octanol–water partition coefficient (Wildman–Crippen LogP) is 3.52. The van der Waals surface area contributed by atoms with Crippen molar-refractivity contribution >= 4 is 55.9 Å². The van der Waals surface area contributed by atoms with Crippen molar-refractivity contribution in [2.24, 2.45) is 0 Å². The Morgan fingerprint density at radius 3 is 2.58 bits per heavy atom. The van der Waals surface area contributed by atoms with Crippen LogP contribution < -0.4 is 4.72 Å². The normalized spacial score (nSPS) is 11.3. The molecule has 0 atom stereocenters. The second-order valence-electron chi connectivity index (χ2n) is 5.06. The maximum atomic E-state index is 12.9. The van der Waals surface area contributed by atoms with Crippen LogP contribution >= 0.6 is 23.2 Å². The van der Waals surface area contributed by atoms with Gasteiger partial charge in [0.05, 0.1) is 33.9 Å². The molecule has 0 aliphatic rings. The third-order valence-corrected chi connectivity index (χ3v) is 5.67. The zero-order chi connectivity index (χ0) is 18.9. The number of aromatic nitrogens is 2. The molecule has 1 aromatic heterocycles. The molecule has 7 nitrogen and oxygen atoms in total. The number of sulfonamides is 1. The van der Waals surface area contributed by atoms with Gasteiger partial charge in [0.25, 0.3) is 10.0 Å². The maximum Gasteiger partial charge on any atom is 0.340 e. The van der Waals surface area contributed by atoms with Crippen molar-refractivity contribution in [2.75, 3.05) is 11.8 Å². The molecular weight excluding hydrogens is 401 g/mol. The van der Waals surface area contributed by atoms with Gasteiger partial charge in [-0.05, 0) is 24.3 Å². The van der Waals surface area contributed by atoms with E-state index in [9.17, 15) is 13.2 Å². The van der Waals surface area contributed by atoms with Crippen LogP contribution in [0, 0.1) is 0 Å². The number of methoxy groups -OCH3 is 1. The highest BCUT2D eigenvalue weighted by Gasteiger charge is 2.25. The molecule has 2 aromatic carbocycles. The number of carbonyl (C=O) groups excluding carboxylic acids is 1. The summed E-state index contributed by atoms with van der Waals surface area (Å²) in [5.41, 5.74) is 0.338. The minimum atomic E-state index is -4.15. The number of fused-ring (bicyclic) bond motifs is 1. The van der Waals surface area contributed by atoms with Crippen molar-refractivity contribution in [3.8, 4) is 0 Å². The summed E-state index contributed by atoms with van der Waals surface area (Å²) in [5.74, 6) is -0.765. The zero-order valence-electron chi connectivity index (χ0n) is 13.2. The molecule has 0 aliphatic heterocycles. The molecule has 3 rings (SSSR count). The number of hydrogen-bond acceptors (Lipinski definition) is 6. The van der Waals surface area contributed by atoms with Gasteiger partial charge in [-0.15, -0.1) is 0 Å². The summed E-state index contributed by atoms with van der Waals surface area (Å²) < 4.78 is 32.8. The molecule has 0 saturated carbocycles. The number of ether oxygens (including phenoxy) is 1. The van der Waals surface area contributed by atoms with Gasteiger partial charge in [0.1, 0.15) is 10.4 Å². The first-order valence-corrected chi connectivity index (χ1v) is 9.38. The lowest BCUT2D eigenvalue weighted by atomic mass is 10.2. The standard InChI is InChI=1S/C16H11Cl2N3O4S/c1-25-16(22)9-5-6-10(17)13(18)14(9)21-26(23,24)12-4-2-3-11-15(12)20-8-7-19-11/h2-8,21H,1H3. The Morgan fingerprint density at radius 1 is 1.12 bits per heavy atom. The number of para-hydroxylation sites is 1. The molecule has 134 valence electrons. The van der Waals surface area contributed by atoms with E-state index in [-0.39, 0.29) is 31.7 Å². The summed E-state index contributed by atoms with van der Waals surface area (Å²) in [4.78, 5) is 20.0. The Balaban J connectivity index is 2.16. The van der Waals surface area contributed by atoms with Gasteiger partial charge in [-0.25, -0.2) is 13.2 Å². The molecule has 1 heterocycles. The van der Waals surface area contributed by atoms with E-state index >= 15 is 0 Å². The molecule has 0 unspecified atom stereocenters. The fourth-order valence-corrected chi connectivity index (χ4v) is 3.99. The average molecular weight is 412 g/mol. The highest BCUT2D eigenvalue weighted by molar-refractivity contribution is 7.93. The highest BCUT2D eigenvalue weighted by atomic mass is 35.5. The maximum absolute atomic E-state index is 12.9. The van der Waals surface area contributed by atoms with Crippen molar-refractivity contribution in [1.82, 2.24) is 9.97 Å². The molecule has 0 amide bonds. The summed E-state index contributed by atoms with van der Waals surface area (Å²) in [6, 6.07) is 7.23. The molecular formula is C16H11Cl2N3O4S. The molecule has 10 heteroatoms. The van der Waals surface area contributed by atoms with Crippen LogP contribution in [0.15, 0.2) is 47.6 Å². The molecule has 0 saturated heterocycles. The molecule has 1 N–H and O–H groups in total. The zero-order valence-corrected chi connectivity index (χ0v) is 15.6. The second-order valence-corrected chi connectivity index (χ2v) is 7.50. The molecule has 3 aromatic rings. The van der Waals surface area contributed by atoms with Crippen molar-refractivity contribution < 1.29 is 17.9 Å². The van der Waals surface area contributed by atoms with E-state index in [1.165, 1.54) is 43.8 Å². The fraction of sp³-hybridized carbons (Fsp3) is 0.0625. The first-order valence-electron chi connectivity index (χ1n) is 7.14. The van der Waals surface area contributed by atoms with Crippen LogP contribution in [0.3, 0.4) is 0 Å². The number of halogens is 2. The second kappa shape index (κ2) is 7.06. The molecule has 0 fully saturated rings. The number of nitrogens with zero attached hydrogens (tertiary/aromatic N) is 2. The number of carbonyl (C=O) groups is 1. The summed E-state index contributed by atoms with van der Waals surface area (Å²) in [6.45, 7) is 0. The van der Waals surface area contributed by atoms with E-state index in [1.807, 2.05) is 0 Å². The van der Waals surface area contributed by atoms with Crippen molar-refractivity contribution in [2.45, 2.75) is 4.90 Å². The topological polar surface area (TPSA) is 98.2 Å². The van der Waals surface area contributed by atoms with Crippen molar-refractivity contribution in [3.63, 3.8) is 0 Å². The summed E-state index contributed by atoms with van der Waals surface area (Å²) >= 11 is 12.1. The van der Waals surface area contributed by atoms with Gasteiger partial charge in [0.2, 0.25) is 0 Å². The minimum absolute atomic E-state index is 0.0724. The van der Waals surface area contributed by atoms with Gasteiger partial charge >= 0.3 is 5.97 Å². The van der Waals surface area contributed by atoms with Gasteiger partial charge in [-0.2, -0.15) is 0 Å². The van der Waals surface area contributed by atoms with Crippen LogP contribution in [0.2, 0.25) is 10.0 Å². The van der Waals surface area contributed by atoms with E-state index in [1.54, 1.807) is 6.07 Å². The van der Waals surface area contributed by atoms with Gasteiger partial charge in [-0.3, -0.25) is 14.7 Å². The van der Waals surface area contributed by atoms with E-state index < -0.39 is 16.0 Å². The van der Waals surface area contributed by atoms with Gasteiger partial charge in [0.15, 0.2) is 0 Å². The quantitative estimate of drug-likeness (QED) is 0.659. The summed E-state index contributed by atoms with van der Waals surface area (Å²) in [5, 5.41) is -0.0424. The number of rotatable bonds is 4.